The first-order valence-electron chi connectivity index (χ1n) is 3.71. The molecule has 1 saturated carbocycles. The minimum absolute atomic E-state index is 0.342. The molecule has 0 bridgehead atoms. The highest BCUT2D eigenvalue weighted by molar-refractivity contribution is 8.06. The largest absolute Gasteiger partial charge is 0.366 e. The van der Waals surface area contributed by atoms with Crippen LogP contribution in [0, 0.1) is 5.92 Å². The van der Waals surface area contributed by atoms with Gasteiger partial charge in [-0.2, -0.15) is 0 Å². The Balaban J connectivity index is 2.42. The lowest BCUT2D eigenvalue weighted by molar-refractivity contribution is -0.182. The number of hydrogen-bond donors (Lipinski definition) is 3. The molecule has 2 nitrogen and oxygen atoms in total. The Kier molecular flexibility index (Phi) is 2.91. The lowest BCUT2D eigenvalue weighted by Gasteiger charge is -2.29. The molecule has 1 fully saturated rings. The van der Waals surface area contributed by atoms with Gasteiger partial charge >= 0.3 is 0 Å². The molecule has 0 amide bonds. The fourth-order valence-corrected chi connectivity index (χ4v) is 1.85. The van der Waals surface area contributed by atoms with Crippen LogP contribution in [0.3, 0.4) is 0 Å². The highest BCUT2D eigenvalue weighted by atomic mass is 32.1. The fourth-order valence-electron chi connectivity index (χ4n) is 1.34. The molecule has 0 aromatic carbocycles. The molecule has 11 heavy (non-hydrogen) atoms. The van der Waals surface area contributed by atoms with Crippen molar-refractivity contribution in [3.63, 3.8) is 0 Å². The summed E-state index contributed by atoms with van der Waals surface area (Å²) in [4.78, 5) is 0. The number of hydrogen-bond acceptors (Lipinski definition) is 2. The maximum atomic E-state index is 9.17. The van der Waals surface area contributed by atoms with E-state index in [1.807, 2.05) is 0 Å². The molecule has 0 saturated heterocycles. The van der Waals surface area contributed by atoms with Crippen LogP contribution >= 0.6 is 12.6 Å². The second-order valence-electron chi connectivity index (χ2n) is 3.11. The van der Waals surface area contributed by atoms with Crippen molar-refractivity contribution >= 4 is 29.0 Å². The van der Waals surface area contributed by atoms with Crippen molar-refractivity contribution in [1.82, 2.24) is 0 Å². The molecule has 2 N–H and O–H groups in total. The Labute approximate surface area is 77.0 Å². The predicted molar refractivity (Wildman–Crippen MR) is 51.9 cm³/mol. The first-order chi connectivity index (χ1) is 5.01. The van der Waals surface area contributed by atoms with Gasteiger partial charge in [-0.15, -0.1) is 0 Å². The zero-order chi connectivity index (χ0) is 8.48. The maximum Gasteiger partial charge on any atom is 0.232 e. The summed E-state index contributed by atoms with van der Waals surface area (Å²) in [7, 11) is 0. The van der Waals surface area contributed by atoms with E-state index in [0.717, 1.165) is 17.0 Å². The molecule has 0 unspecified atom stereocenters. The Bertz CT molecular complexity index is 158. The monoisotopic (exact) mass is 193 g/mol. The van der Waals surface area contributed by atoms with Gasteiger partial charge in [0.1, 0.15) is 0 Å². The summed E-state index contributed by atoms with van der Waals surface area (Å²) in [6, 6.07) is 0. The van der Waals surface area contributed by atoms with Gasteiger partial charge in [0.05, 0.1) is 0 Å². The highest BCUT2D eigenvalue weighted by Crippen LogP contribution is 2.31. The van der Waals surface area contributed by atoms with Crippen LogP contribution in [0.2, 0.25) is 0 Å². The van der Waals surface area contributed by atoms with E-state index in [1.54, 1.807) is 0 Å². The van der Waals surface area contributed by atoms with Gasteiger partial charge in [-0.1, -0.05) is 12.6 Å². The smallest absolute Gasteiger partial charge is 0.232 e. The lowest BCUT2D eigenvalue weighted by Crippen LogP contribution is -2.34. The van der Waals surface area contributed by atoms with E-state index in [9.17, 15) is 10.2 Å². The Hall–Kier alpha value is 0.360. The van der Waals surface area contributed by atoms with Crippen LogP contribution in [-0.2, 0) is 12.2 Å². The van der Waals surface area contributed by atoms with E-state index in [2.05, 4.69) is 24.8 Å². The van der Waals surface area contributed by atoms with Crippen LogP contribution in [0.1, 0.15) is 25.7 Å². The van der Waals surface area contributed by atoms with Crippen molar-refractivity contribution < 1.29 is 10.2 Å². The standard InChI is InChI=1S/C7H12O2S2/c8-7(9)3-1-5(2-4-7)6(10)11/h5,8-9H,1-4H2,(H,10,11)/p+1. The SMILES string of the molecule is OC1(O)CCC(C(S)=[SH+])CC1. The Morgan fingerprint density at radius 2 is 1.82 bits per heavy atom. The number of aliphatic hydroxyl groups is 2. The van der Waals surface area contributed by atoms with Crippen LogP contribution in [0.25, 0.3) is 0 Å². The number of rotatable bonds is 1. The van der Waals surface area contributed by atoms with Gasteiger partial charge in [0.15, 0.2) is 18.0 Å². The predicted octanol–water partition coefficient (Wildman–Crippen LogP) is 0.196. The molecule has 1 aliphatic carbocycles. The molecule has 0 spiro atoms. The van der Waals surface area contributed by atoms with Crippen LogP contribution in [-0.4, -0.2) is 20.2 Å². The summed E-state index contributed by atoms with van der Waals surface area (Å²) in [6.45, 7) is 0. The third-order valence-corrected chi connectivity index (χ3v) is 2.88. The summed E-state index contributed by atoms with van der Waals surface area (Å²) in [6.07, 6.45) is 2.41. The summed E-state index contributed by atoms with van der Waals surface area (Å²) in [5.41, 5.74) is 0. The molecule has 4 heteroatoms. The molecular weight excluding hydrogens is 180 g/mol. The first-order valence-corrected chi connectivity index (χ1v) is 4.60. The molecule has 0 aliphatic heterocycles. The van der Waals surface area contributed by atoms with E-state index in [1.165, 1.54) is 0 Å². The van der Waals surface area contributed by atoms with E-state index in [-0.39, 0.29) is 0 Å². The topological polar surface area (TPSA) is 40.5 Å². The summed E-state index contributed by atoms with van der Waals surface area (Å²) < 4.78 is 0.806. The molecule has 1 aliphatic rings. The Morgan fingerprint density at radius 3 is 2.18 bits per heavy atom. The van der Waals surface area contributed by atoms with Crippen molar-refractivity contribution in [3.8, 4) is 0 Å². The van der Waals surface area contributed by atoms with Crippen LogP contribution in [0.5, 0.6) is 0 Å². The maximum absolute atomic E-state index is 9.17. The van der Waals surface area contributed by atoms with Crippen molar-refractivity contribution in [2.75, 3.05) is 0 Å². The van der Waals surface area contributed by atoms with E-state index >= 15 is 0 Å². The van der Waals surface area contributed by atoms with Crippen LogP contribution in [0.4, 0.5) is 0 Å². The van der Waals surface area contributed by atoms with Crippen LogP contribution in [0.15, 0.2) is 0 Å². The zero-order valence-corrected chi connectivity index (χ0v) is 7.98. The van der Waals surface area contributed by atoms with Gasteiger partial charge in [-0.05, 0) is 12.8 Å². The van der Waals surface area contributed by atoms with Crippen molar-refractivity contribution in [2.24, 2.45) is 5.92 Å². The van der Waals surface area contributed by atoms with Gasteiger partial charge < -0.3 is 10.2 Å². The molecule has 0 atom stereocenters. The van der Waals surface area contributed by atoms with Crippen molar-refractivity contribution in [3.05, 3.63) is 0 Å². The average molecular weight is 193 g/mol. The molecular formula is C7H13O2S2+. The van der Waals surface area contributed by atoms with Gasteiger partial charge in [-0.3, -0.25) is 0 Å². The molecule has 0 aromatic rings. The zero-order valence-electron chi connectivity index (χ0n) is 6.19. The minimum atomic E-state index is -1.44. The van der Waals surface area contributed by atoms with Crippen molar-refractivity contribution in [1.29, 1.82) is 0 Å². The molecule has 1 rings (SSSR count). The third-order valence-electron chi connectivity index (χ3n) is 2.15. The van der Waals surface area contributed by atoms with Gasteiger partial charge in [0.25, 0.3) is 0 Å². The fraction of sp³-hybridized carbons (Fsp3) is 0.857. The van der Waals surface area contributed by atoms with Crippen molar-refractivity contribution in [2.45, 2.75) is 31.5 Å². The van der Waals surface area contributed by atoms with Gasteiger partial charge in [0, 0.05) is 18.8 Å². The Morgan fingerprint density at radius 1 is 1.36 bits per heavy atom. The van der Waals surface area contributed by atoms with Gasteiger partial charge in [-0.25, -0.2) is 0 Å². The second-order valence-corrected chi connectivity index (χ2v) is 4.43. The van der Waals surface area contributed by atoms with E-state index in [4.69, 9.17) is 0 Å². The summed E-state index contributed by atoms with van der Waals surface area (Å²) >= 11 is 8.23. The van der Waals surface area contributed by atoms with E-state index < -0.39 is 5.79 Å². The molecule has 0 radical (unpaired) electrons. The molecule has 0 aromatic heterocycles. The molecule has 0 heterocycles. The van der Waals surface area contributed by atoms with Gasteiger partial charge in [0.2, 0.25) is 4.20 Å². The minimum Gasteiger partial charge on any atom is -0.366 e. The van der Waals surface area contributed by atoms with Crippen LogP contribution < -0.4 is 0 Å². The lowest BCUT2D eigenvalue weighted by atomic mass is 9.86. The van der Waals surface area contributed by atoms with E-state index in [0.29, 0.717) is 18.8 Å². The quantitative estimate of drug-likeness (QED) is 0.241. The summed E-state index contributed by atoms with van der Waals surface area (Å²) in [5, 5.41) is 18.3. The normalized spacial score (nSPS) is 25.0. The average Bonchev–Trinajstić information content (AvgIpc) is 1.86. The first kappa shape index (κ1) is 9.45. The number of thiol groups is 2. The molecule has 64 valence electrons. The highest BCUT2D eigenvalue weighted by Gasteiger charge is 2.33. The third kappa shape index (κ3) is 2.71. The summed E-state index contributed by atoms with van der Waals surface area (Å²) in [5.74, 6) is -1.10. The second kappa shape index (κ2) is 3.39.